The highest BCUT2D eigenvalue weighted by Crippen LogP contribution is 2.47. The van der Waals surface area contributed by atoms with E-state index in [2.05, 4.69) is 57.8 Å². The fraction of sp³-hybridized carbons (Fsp3) is 0. The van der Waals surface area contributed by atoms with Gasteiger partial charge in [-0.1, -0.05) is 0 Å². The summed E-state index contributed by atoms with van der Waals surface area (Å²) < 4.78 is 7.09. The van der Waals surface area contributed by atoms with Crippen LogP contribution in [0.15, 0.2) is 22.6 Å². The molecule has 0 radical (unpaired) electrons. The largest absolute Gasteiger partial charge is 0.506 e. The fourth-order valence-electron chi connectivity index (χ4n) is 1.82. The van der Waals surface area contributed by atoms with Gasteiger partial charge in [0.2, 0.25) is 5.71 Å². The molecule has 0 bridgehead atoms. The molecule has 0 saturated heterocycles. The van der Waals surface area contributed by atoms with Crippen molar-refractivity contribution in [2.45, 2.75) is 0 Å². The number of benzene rings is 1. The van der Waals surface area contributed by atoms with Gasteiger partial charge in [0.1, 0.15) is 11.1 Å². The maximum Gasteiger partial charge on any atom is 0.263 e. The number of rotatable bonds is 0. The van der Waals surface area contributed by atoms with E-state index >= 15 is 0 Å². The van der Waals surface area contributed by atoms with Gasteiger partial charge in [-0.3, -0.25) is 9.78 Å². The summed E-state index contributed by atoms with van der Waals surface area (Å²) in [5.41, 5.74) is 0.295. The molecule has 9 heteroatoms. The number of H-pyrrole nitrogens is 2. The third-order valence-corrected chi connectivity index (χ3v) is 5.65. The first-order valence-corrected chi connectivity index (χ1v) is 7.64. The monoisotopic (exact) mass is 468 g/mol. The second-order valence-electron chi connectivity index (χ2n) is 3.71. The first-order valence-electron chi connectivity index (χ1n) is 4.86. The van der Waals surface area contributed by atoms with Crippen LogP contribution in [0.5, 0.6) is 5.75 Å². The van der Waals surface area contributed by atoms with Crippen molar-refractivity contribution in [2.24, 2.45) is 0 Å². The van der Waals surface area contributed by atoms with Crippen LogP contribution in [0.25, 0.3) is 22.1 Å². The predicted octanol–water partition coefficient (Wildman–Crippen LogP) is 4.32. The molecule has 0 fully saturated rings. The van der Waals surface area contributed by atoms with Gasteiger partial charge in [-0.15, -0.1) is 0 Å². The van der Waals surface area contributed by atoms with Crippen LogP contribution in [0.1, 0.15) is 0 Å². The smallest absolute Gasteiger partial charge is 0.263 e. The molecule has 19 heavy (non-hydrogen) atoms. The van der Waals surface area contributed by atoms with Crippen LogP contribution in [0.3, 0.4) is 0 Å². The zero-order valence-corrected chi connectivity index (χ0v) is 14.4. The number of fused-ring (bicyclic) bond motifs is 3. The van der Waals surface area contributed by atoms with Crippen LogP contribution in [0, 0.1) is 4.77 Å². The topological polar surface area (TPSA) is 82.0 Å². The van der Waals surface area contributed by atoms with E-state index < -0.39 is 0 Å². The van der Waals surface area contributed by atoms with E-state index in [9.17, 15) is 9.90 Å². The van der Waals surface area contributed by atoms with Crippen molar-refractivity contribution in [2.75, 3.05) is 0 Å². The Bertz CT molecular complexity index is 957. The summed E-state index contributed by atoms with van der Waals surface area (Å²) in [5, 5.41) is 10.8. The van der Waals surface area contributed by atoms with Crippen molar-refractivity contribution < 1.29 is 9.52 Å². The summed E-state index contributed by atoms with van der Waals surface area (Å²) in [5.74, 6) is -0.0241. The molecule has 98 valence electrons. The Labute approximate surface area is 135 Å². The van der Waals surface area contributed by atoms with Crippen LogP contribution in [0.2, 0.25) is 0 Å². The summed E-state index contributed by atoms with van der Waals surface area (Å²) >= 11 is 14.7. The lowest BCUT2D eigenvalue weighted by atomic mass is 10.2. The predicted molar refractivity (Wildman–Crippen MR) is 84.3 cm³/mol. The number of phenols is 1. The van der Waals surface area contributed by atoms with Gasteiger partial charge < -0.3 is 14.5 Å². The Morgan fingerprint density at radius 2 is 1.74 bits per heavy atom. The Hall–Kier alpha value is -0.640. The van der Waals surface area contributed by atoms with E-state index in [1.54, 1.807) is 0 Å². The second kappa shape index (κ2) is 4.44. The number of aromatic amines is 2. The van der Waals surface area contributed by atoms with E-state index in [1.807, 2.05) is 0 Å². The van der Waals surface area contributed by atoms with Gasteiger partial charge in [-0.25, -0.2) is 0 Å². The second-order valence-corrected chi connectivity index (χ2v) is 6.50. The SMILES string of the molecule is O=c1[nH]c(=S)[nH]c2oc3c(Br)c(Br)c(O)c(Br)c3c12. The fourth-order valence-corrected chi connectivity index (χ4v) is 3.69. The third-order valence-electron chi connectivity index (χ3n) is 2.62. The van der Waals surface area contributed by atoms with Gasteiger partial charge in [0.05, 0.1) is 18.8 Å². The summed E-state index contributed by atoms with van der Waals surface area (Å²) in [6.45, 7) is 0. The number of hydrogen-bond donors (Lipinski definition) is 3. The highest BCUT2D eigenvalue weighted by molar-refractivity contribution is 9.13. The van der Waals surface area contributed by atoms with Crippen LogP contribution in [-0.4, -0.2) is 15.1 Å². The van der Waals surface area contributed by atoms with Crippen LogP contribution < -0.4 is 5.56 Å². The van der Waals surface area contributed by atoms with E-state index in [0.29, 0.717) is 29.8 Å². The van der Waals surface area contributed by atoms with Gasteiger partial charge in [-0.2, -0.15) is 0 Å². The van der Waals surface area contributed by atoms with Crippen molar-refractivity contribution in [3.63, 3.8) is 0 Å². The van der Waals surface area contributed by atoms with Crippen LogP contribution in [0.4, 0.5) is 0 Å². The number of aromatic hydroxyl groups is 1. The first kappa shape index (κ1) is 13.3. The summed E-state index contributed by atoms with van der Waals surface area (Å²) in [4.78, 5) is 17.3. The van der Waals surface area contributed by atoms with Crippen molar-refractivity contribution in [1.82, 2.24) is 9.97 Å². The minimum atomic E-state index is -0.383. The highest BCUT2D eigenvalue weighted by atomic mass is 79.9. The van der Waals surface area contributed by atoms with E-state index in [1.165, 1.54) is 0 Å². The first-order chi connectivity index (χ1) is 8.91. The molecule has 0 saturated carbocycles. The highest BCUT2D eigenvalue weighted by Gasteiger charge is 2.22. The minimum absolute atomic E-state index is 0.0241. The Balaban J connectivity index is 2.75. The molecule has 0 aliphatic carbocycles. The maximum absolute atomic E-state index is 12.0. The van der Waals surface area contributed by atoms with Gasteiger partial charge in [-0.05, 0) is 60.0 Å². The quantitative estimate of drug-likeness (QED) is 0.337. The molecule has 0 aliphatic rings. The van der Waals surface area contributed by atoms with E-state index in [0.717, 1.165) is 0 Å². The number of halogens is 3. The third kappa shape index (κ3) is 1.83. The molecule has 0 spiro atoms. The van der Waals surface area contributed by atoms with Crippen molar-refractivity contribution in [1.29, 1.82) is 0 Å². The molecule has 2 heterocycles. The molecule has 0 atom stereocenters. The van der Waals surface area contributed by atoms with Gasteiger partial charge in [0.25, 0.3) is 5.56 Å². The molecule has 0 unspecified atom stereocenters. The lowest BCUT2D eigenvalue weighted by Crippen LogP contribution is -2.06. The average Bonchev–Trinajstić information content (AvgIpc) is 2.73. The molecule has 1 aromatic carbocycles. The van der Waals surface area contributed by atoms with E-state index in [-0.39, 0.29) is 21.8 Å². The molecule has 3 aromatic rings. The number of hydrogen-bond acceptors (Lipinski definition) is 4. The minimum Gasteiger partial charge on any atom is -0.506 e. The van der Waals surface area contributed by atoms with E-state index in [4.69, 9.17) is 16.6 Å². The molecular formula is C10H3Br3N2O3S. The maximum atomic E-state index is 12.0. The standard InChI is InChI=1S/C10H3Br3N2O3S/c11-3-1-2-8(17)14-10(19)15-9(2)18-7(1)5(13)4(12)6(3)16/h16H,(H2,14,15,17,19). The average molecular weight is 471 g/mol. The molecule has 3 N–H and O–H groups in total. The number of nitrogens with one attached hydrogen (secondary N) is 2. The van der Waals surface area contributed by atoms with Crippen LogP contribution >= 0.6 is 60.0 Å². The Kier molecular flexibility index (Phi) is 3.12. The summed E-state index contributed by atoms with van der Waals surface area (Å²) in [6.07, 6.45) is 0. The molecular weight excluding hydrogens is 468 g/mol. The summed E-state index contributed by atoms with van der Waals surface area (Å²) in [7, 11) is 0. The molecule has 3 rings (SSSR count). The normalized spacial score (nSPS) is 11.5. The van der Waals surface area contributed by atoms with Crippen molar-refractivity contribution in [3.05, 3.63) is 28.5 Å². The van der Waals surface area contributed by atoms with Crippen molar-refractivity contribution in [3.8, 4) is 5.75 Å². The van der Waals surface area contributed by atoms with Gasteiger partial charge in [0.15, 0.2) is 10.4 Å². The Morgan fingerprint density at radius 3 is 2.42 bits per heavy atom. The number of phenolic OH excluding ortho intramolecular Hbond substituents is 1. The van der Waals surface area contributed by atoms with Crippen LogP contribution in [-0.2, 0) is 0 Å². The Morgan fingerprint density at radius 1 is 1.05 bits per heavy atom. The van der Waals surface area contributed by atoms with Gasteiger partial charge in [0, 0.05) is 0 Å². The molecule has 0 aliphatic heterocycles. The van der Waals surface area contributed by atoms with Gasteiger partial charge >= 0.3 is 0 Å². The molecule has 5 nitrogen and oxygen atoms in total. The summed E-state index contributed by atoms with van der Waals surface area (Å²) in [6, 6.07) is 0. The number of furan rings is 1. The zero-order valence-electron chi connectivity index (χ0n) is 8.81. The van der Waals surface area contributed by atoms with Crippen molar-refractivity contribution >= 4 is 82.1 Å². The molecule has 0 amide bonds. The number of aromatic nitrogens is 2. The zero-order chi connectivity index (χ0) is 13.9. The lowest BCUT2D eigenvalue weighted by Gasteiger charge is -2.04. The lowest BCUT2D eigenvalue weighted by molar-refractivity contribution is 0.468. The molecule has 2 aromatic heterocycles.